The van der Waals surface area contributed by atoms with Gasteiger partial charge in [-0.25, -0.2) is 0 Å². The summed E-state index contributed by atoms with van der Waals surface area (Å²) in [5, 5.41) is 58.0. The number of aryl methyl sites for hydroxylation is 2. The number of ether oxygens (including phenoxy) is 2. The highest BCUT2D eigenvalue weighted by molar-refractivity contribution is 5.84. The SMILES string of the molecule is COc1cc(CCC(O)C(C(=O)CCc2cc(O)c(O)c(OCC(C)C)c2)C2(C3=CCNC(N)=C3)CCC(O)C2Cc2ccc[nH]2)ccc1O. The molecule has 5 rings (SSSR count). The largest absolute Gasteiger partial charge is 0.504 e. The fraction of sp³-hybridized carbons (Fsp3) is 0.462. The van der Waals surface area contributed by atoms with Crippen molar-refractivity contribution in [2.24, 2.45) is 28.9 Å². The summed E-state index contributed by atoms with van der Waals surface area (Å²) in [5.74, 6) is -1.10. The Labute approximate surface area is 293 Å². The van der Waals surface area contributed by atoms with E-state index in [0.717, 1.165) is 16.8 Å². The van der Waals surface area contributed by atoms with Gasteiger partial charge < -0.3 is 51.0 Å². The zero-order valence-electron chi connectivity index (χ0n) is 29.1. The van der Waals surface area contributed by atoms with Gasteiger partial charge in [0, 0.05) is 36.2 Å². The first-order valence-corrected chi connectivity index (χ1v) is 17.4. The van der Waals surface area contributed by atoms with Crippen LogP contribution in [0, 0.1) is 23.2 Å². The Morgan fingerprint density at radius 3 is 2.54 bits per heavy atom. The minimum atomic E-state index is -1.11. The maximum absolute atomic E-state index is 14.8. The number of hydrogen-bond acceptors (Lipinski definition) is 10. The topological polar surface area (TPSA) is 191 Å². The van der Waals surface area contributed by atoms with Crippen LogP contribution in [0.15, 0.2) is 72.2 Å². The number of nitrogens with two attached hydrogens (primary N) is 1. The number of aromatic nitrogens is 1. The Balaban J connectivity index is 1.53. The van der Waals surface area contributed by atoms with Crippen LogP contribution in [0.1, 0.15) is 56.4 Å². The molecule has 5 unspecified atom stereocenters. The second-order valence-corrected chi connectivity index (χ2v) is 14.0. The fourth-order valence-corrected chi connectivity index (χ4v) is 7.76. The standard InChI is InChI=1S/C39H51N3O8/c1-23(2)22-50-35-19-25(17-33(47)38(35)48)8-11-32(46)37(31(45)10-7-24-6-9-30(44)34(18-24)49-3)39(26-13-16-42-36(40)20-26)14-12-29(43)28(39)21-27-5-4-15-41-27/h4-6,9,13,15,17-20,23,28-29,31,37,41-45,47-48H,7-8,10-12,14,16,21-22,40H2,1-3H3. The third-order valence-electron chi connectivity index (χ3n) is 10.2. The van der Waals surface area contributed by atoms with E-state index in [9.17, 15) is 30.3 Å². The average molecular weight is 690 g/mol. The highest BCUT2D eigenvalue weighted by Gasteiger charge is 2.58. The summed E-state index contributed by atoms with van der Waals surface area (Å²) in [5.41, 5.74) is 8.52. The first-order valence-electron chi connectivity index (χ1n) is 17.4. The van der Waals surface area contributed by atoms with Gasteiger partial charge in [-0.05, 0) is 104 Å². The molecule has 0 radical (unpaired) electrons. The zero-order valence-corrected chi connectivity index (χ0v) is 29.1. The molecule has 1 aliphatic heterocycles. The van der Waals surface area contributed by atoms with Crippen molar-refractivity contribution in [3.8, 4) is 28.7 Å². The van der Waals surface area contributed by atoms with Crippen molar-refractivity contribution in [2.45, 2.75) is 71.0 Å². The highest BCUT2D eigenvalue weighted by Crippen LogP contribution is 2.57. The van der Waals surface area contributed by atoms with Crippen molar-refractivity contribution in [1.82, 2.24) is 10.3 Å². The number of Topliss-reactive ketones (excluding diaryl/α,β-unsaturated/α-hetero) is 1. The van der Waals surface area contributed by atoms with Gasteiger partial charge in [-0.15, -0.1) is 0 Å². The van der Waals surface area contributed by atoms with Gasteiger partial charge in [-0.1, -0.05) is 26.0 Å². The molecule has 0 saturated heterocycles. The molecule has 2 heterocycles. The van der Waals surface area contributed by atoms with Crippen LogP contribution in [0.2, 0.25) is 0 Å². The number of phenolic OH excluding ortho intramolecular Hbond substituents is 3. The summed E-state index contributed by atoms with van der Waals surface area (Å²) in [4.78, 5) is 18.1. The predicted molar refractivity (Wildman–Crippen MR) is 190 cm³/mol. The first kappa shape index (κ1) is 36.7. The number of aliphatic hydroxyl groups excluding tert-OH is 2. The quantitative estimate of drug-likeness (QED) is 0.0986. The van der Waals surface area contributed by atoms with E-state index in [1.165, 1.54) is 13.2 Å². The summed E-state index contributed by atoms with van der Waals surface area (Å²) in [6.45, 7) is 4.73. The number of phenols is 3. The van der Waals surface area contributed by atoms with E-state index < -0.39 is 29.5 Å². The molecular formula is C39H51N3O8. The number of H-pyrrole nitrogens is 1. The molecule has 3 aromatic rings. The molecule has 0 bridgehead atoms. The molecule has 2 aliphatic rings. The number of carbonyl (C=O) groups is 1. The van der Waals surface area contributed by atoms with Gasteiger partial charge in [0.25, 0.3) is 0 Å². The number of ketones is 1. The molecule has 50 heavy (non-hydrogen) atoms. The molecule has 11 nitrogen and oxygen atoms in total. The van der Waals surface area contributed by atoms with Crippen LogP contribution in [0.3, 0.4) is 0 Å². The third-order valence-corrected chi connectivity index (χ3v) is 10.2. The predicted octanol–water partition coefficient (Wildman–Crippen LogP) is 4.62. The number of methoxy groups -OCH3 is 1. The molecule has 0 spiro atoms. The maximum Gasteiger partial charge on any atom is 0.200 e. The normalized spacial score (nSPS) is 21.6. The van der Waals surface area contributed by atoms with Crippen molar-refractivity contribution in [1.29, 1.82) is 0 Å². The Bertz CT molecular complexity index is 1680. The van der Waals surface area contributed by atoms with Crippen molar-refractivity contribution in [3.05, 3.63) is 89.0 Å². The Kier molecular flexibility index (Phi) is 11.7. The van der Waals surface area contributed by atoms with E-state index in [0.29, 0.717) is 56.0 Å². The van der Waals surface area contributed by atoms with E-state index in [1.54, 1.807) is 24.3 Å². The zero-order chi connectivity index (χ0) is 36.0. The van der Waals surface area contributed by atoms with Gasteiger partial charge in [-0.2, -0.15) is 0 Å². The summed E-state index contributed by atoms with van der Waals surface area (Å²) in [6.07, 6.45) is 6.07. The maximum atomic E-state index is 14.8. The minimum Gasteiger partial charge on any atom is -0.504 e. The van der Waals surface area contributed by atoms with E-state index in [4.69, 9.17) is 15.2 Å². The number of aromatic hydroxyl groups is 3. The number of rotatable bonds is 16. The lowest BCUT2D eigenvalue weighted by Gasteiger charge is -2.46. The second-order valence-electron chi connectivity index (χ2n) is 14.0. The Morgan fingerprint density at radius 2 is 1.84 bits per heavy atom. The monoisotopic (exact) mass is 689 g/mol. The summed E-state index contributed by atoms with van der Waals surface area (Å²) < 4.78 is 11.0. The average Bonchev–Trinajstić information content (AvgIpc) is 3.73. The number of nitrogens with one attached hydrogen (secondary N) is 2. The molecule has 2 aromatic carbocycles. The van der Waals surface area contributed by atoms with Gasteiger partial charge >= 0.3 is 0 Å². The van der Waals surface area contributed by atoms with Gasteiger partial charge in [0.05, 0.1) is 37.7 Å². The molecule has 1 fully saturated rings. The van der Waals surface area contributed by atoms with Crippen LogP contribution in [-0.2, 0) is 24.1 Å². The van der Waals surface area contributed by atoms with E-state index >= 15 is 0 Å². The molecule has 9 N–H and O–H groups in total. The van der Waals surface area contributed by atoms with Gasteiger partial charge in [-0.3, -0.25) is 4.79 Å². The summed E-state index contributed by atoms with van der Waals surface area (Å²) in [7, 11) is 1.47. The number of benzene rings is 2. The van der Waals surface area contributed by atoms with Crippen LogP contribution in [0.25, 0.3) is 0 Å². The lowest BCUT2D eigenvalue weighted by Crippen LogP contribution is -2.50. The summed E-state index contributed by atoms with van der Waals surface area (Å²) in [6, 6.07) is 11.9. The molecule has 1 saturated carbocycles. The number of aromatic amines is 1. The molecule has 1 aliphatic carbocycles. The Morgan fingerprint density at radius 1 is 1.06 bits per heavy atom. The van der Waals surface area contributed by atoms with Gasteiger partial charge in [0.2, 0.25) is 5.75 Å². The van der Waals surface area contributed by atoms with Crippen LogP contribution in [-0.4, -0.2) is 68.8 Å². The molecule has 11 heteroatoms. The fourth-order valence-electron chi connectivity index (χ4n) is 7.76. The van der Waals surface area contributed by atoms with Crippen molar-refractivity contribution in [3.63, 3.8) is 0 Å². The van der Waals surface area contributed by atoms with E-state index in [-0.39, 0.29) is 54.0 Å². The Hall–Kier alpha value is -4.61. The highest BCUT2D eigenvalue weighted by atomic mass is 16.5. The number of dihydropyridines is 1. The number of carbonyl (C=O) groups excluding carboxylic acids is 1. The van der Waals surface area contributed by atoms with Crippen LogP contribution >= 0.6 is 0 Å². The summed E-state index contributed by atoms with van der Waals surface area (Å²) >= 11 is 0. The molecular weight excluding hydrogens is 638 g/mol. The van der Waals surface area contributed by atoms with Crippen molar-refractivity contribution in [2.75, 3.05) is 20.3 Å². The molecule has 5 atom stereocenters. The lowest BCUT2D eigenvalue weighted by atomic mass is 9.58. The van der Waals surface area contributed by atoms with Gasteiger partial charge in [0.1, 0.15) is 5.78 Å². The molecule has 0 amide bonds. The number of hydrogen-bond donors (Lipinski definition) is 8. The number of aliphatic hydroxyl groups is 2. The van der Waals surface area contributed by atoms with E-state index in [2.05, 4.69) is 10.3 Å². The van der Waals surface area contributed by atoms with Gasteiger partial charge in [0.15, 0.2) is 23.0 Å². The first-order chi connectivity index (χ1) is 23.9. The van der Waals surface area contributed by atoms with Crippen molar-refractivity contribution >= 4 is 5.78 Å². The van der Waals surface area contributed by atoms with Crippen LogP contribution in [0.5, 0.6) is 28.7 Å². The molecule has 1 aromatic heterocycles. The lowest BCUT2D eigenvalue weighted by molar-refractivity contribution is -0.134. The minimum absolute atomic E-state index is 0.0103. The third kappa shape index (κ3) is 8.05. The van der Waals surface area contributed by atoms with E-state index in [1.807, 2.05) is 44.3 Å². The smallest absolute Gasteiger partial charge is 0.200 e. The molecule has 270 valence electrons. The number of allylic oxidation sites excluding steroid dienone is 2. The van der Waals surface area contributed by atoms with Crippen LogP contribution < -0.4 is 20.5 Å². The van der Waals surface area contributed by atoms with Crippen LogP contribution in [0.4, 0.5) is 0 Å². The second kappa shape index (κ2) is 15.9. The van der Waals surface area contributed by atoms with Crippen molar-refractivity contribution < 1.29 is 39.8 Å².